The monoisotopic (exact) mass is 273 g/mol. The topological polar surface area (TPSA) is 105 Å². The van der Waals surface area contributed by atoms with E-state index in [9.17, 15) is 9.59 Å². The molecule has 1 amide bonds. The number of ether oxygens (including phenoxy) is 1. The third-order valence-electron chi connectivity index (χ3n) is 3.16. The number of benzene rings is 1. The number of carbonyl (C=O) groups is 2. The summed E-state index contributed by atoms with van der Waals surface area (Å²) in [7, 11) is 0. The molecule has 1 aromatic rings. The van der Waals surface area contributed by atoms with E-state index in [1.165, 1.54) is 6.07 Å². The fourth-order valence-electron chi connectivity index (χ4n) is 1.95. The minimum absolute atomic E-state index is 0.273. The molecule has 3 N–H and O–H groups in total. The fraction of sp³-hybridized carbons (Fsp3) is 0.357. The molecule has 2 atom stereocenters. The van der Waals surface area contributed by atoms with Gasteiger partial charge in [0.05, 0.1) is 41.5 Å². The second-order valence-corrected chi connectivity index (χ2v) is 4.60. The number of rotatable bonds is 4. The molecule has 0 aromatic heterocycles. The molecule has 0 spiro atoms. The summed E-state index contributed by atoms with van der Waals surface area (Å²) in [6.07, 6.45) is 0.489. The minimum atomic E-state index is -0.376. The number of nitriles is 1. The number of nitrogen functional groups attached to an aromatic ring is 1. The second-order valence-electron chi connectivity index (χ2n) is 4.60. The first-order valence-corrected chi connectivity index (χ1v) is 6.34. The van der Waals surface area contributed by atoms with Gasteiger partial charge in [-0.2, -0.15) is 5.26 Å². The number of hydrogen-bond acceptors (Lipinski definition) is 5. The van der Waals surface area contributed by atoms with E-state index >= 15 is 0 Å². The number of esters is 1. The predicted octanol–water partition coefficient (Wildman–Crippen LogP) is 1.28. The lowest BCUT2D eigenvalue weighted by atomic mass is 10.2. The van der Waals surface area contributed by atoms with Crippen molar-refractivity contribution < 1.29 is 14.3 Å². The Morgan fingerprint density at radius 2 is 2.25 bits per heavy atom. The van der Waals surface area contributed by atoms with Crippen molar-refractivity contribution in [1.82, 2.24) is 0 Å². The van der Waals surface area contributed by atoms with E-state index < -0.39 is 0 Å². The Kier molecular flexibility index (Phi) is 3.89. The largest absolute Gasteiger partial charge is 0.466 e. The first-order chi connectivity index (χ1) is 9.56. The first kappa shape index (κ1) is 13.9. The second kappa shape index (κ2) is 5.61. The Balaban J connectivity index is 2.00. The third-order valence-corrected chi connectivity index (χ3v) is 3.16. The zero-order valence-corrected chi connectivity index (χ0v) is 11.1. The van der Waals surface area contributed by atoms with E-state index in [0.717, 1.165) is 0 Å². The predicted molar refractivity (Wildman–Crippen MR) is 72.4 cm³/mol. The van der Waals surface area contributed by atoms with E-state index in [-0.39, 0.29) is 23.7 Å². The van der Waals surface area contributed by atoms with Crippen molar-refractivity contribution in [3.05, 3.63) is 23.8 Å². The SMILES string of the molecule is CCOC(=O)C1CC1C(=O)Nc1cc(C#N)ccc1N. The number of amides is 1. The minimum Gasteiger partial charge on any atom is -0.466 e. The van der Waals surface area contributed by atoms with Crippen LogP contribution >= 0.6 is 0 Å². The molecule has 1 fully saturated rings. The Labute approximate surface area is 116 Å². The summed E-state index contributed by atoms with van der Waals surface area (Å²) in [6, 6.07) is 6.62. The standard InChI is InChI=1S/C14H15N3O3/c1-2-20-14(19)10-6-9(10)13(18)17-12-5-8(7-15)3-4-11(12)16/h3-5,9-10H,2,6,16H2,1H3,(H,17,18). The van der Waals surface area contributed by atoms with E-state index in [1.807, 2.05) is 6.07 Å². The molecule has 0 saturated heterocycles. The average molecular weight is 273 g/mol. The van der Waals surface area contributed by atoms with E-state index in [0.29, 0.717) is 30.0 Å². The molecule has 0 bridgehead atoms. The van der Waals surface area contributed by atoms with Gasteiger partial charge in [-0.25, -0.2) is 0 Å². The number of carbonyl (C=O) groups excluding carboxylic acids is 2. The molecule has 20 heavy (non-hydrogen) atoms. The van der Waals surface area contributed by atoms with Crippen molar-refractivity contribution in [1.29, 1.82) is 5.26 Å². The van der Waals surface area contributed by atoms with Crippen molar-refractivity contribution in [2.45, 2.75) is 13.3 Å². The van der Waals surface area contributed by atoms with Crippen LogP contribution in [0.25, 0.3) is 0 Å². The normalized spacial score (nSPS) is 19.8. The van der Waals surface area contributed by atoms with Crippen LogP contribution in [0.1, 0.15) is 18.9 Å². The summed E-state index contributed by atoms with van der Waals surface area (Å²) in [5.74, 6) is -1.36. The maximum Gasteiger partial charge on any atom is 0.309 e. The molecule has 2 rings (SSSR count). The van der Waals surface area contributed by atoms with E-state index in [2.05, 4.69) is 5.32 Å². The Morgan fingerprint density at radius 1 is 1.50 bits per heavy atom. The lowest BCUT2D eigenvalue weighted by Gasteiger charge is -2.08. The summed E-state index contributed by atoms with van der Waals surface area (Å²) in [5.41, 5.74) is 6.92. The molecule has 2 unspecified atom stereocenters. The van der Waals surface area contributed by atoms with Crippen LogP contribution in [0, 0.1) is 23.2 Å². The van der Waals surface area contributed by atoms with Crippen molar-refractivity contribution in [3.63, 3.8) is 0 Å². The lowest BCUT2D eigenvalue weighted by molar-refractivity contribution is -0.145. The van der Waals surface area contributed by atoms with Gasteiger partial charge in [0.25, 0.3) is 0 Å². The number of nitrogens with two attached hydrogens (primary N) is 1. The molecule has 1 aliphatic carbocycles. The van der Waals surface area contributed by atoms with Gasteiger partial charge in [0.1, 0.15) is 0 Å². The van der Waals surface area contributed by atoms with Gasteiger partial charge in [0.2, 0.25) is 5.91 Å². The zero-order valence-electron chi connectivity index (χ0n) is 11.1. The van der Waals surface area contributed by atoms with Crippen molar-refractivity contribution in [2.24, 2.45) is 11.8 Å². The van der Waals surface area contributed by atoms with Crippen LogP contribution < -0.4 is 11.1 Å². The van der Waals surface area contributed by atoms with E-state index in [1.54, 1.807) is 19.1 Å². The molecule has 0 heterocycles. The number of nitrogens with zero attached hydrogens (tertiary/aromatic N) is 1. The average Bonchev–Trinajstić information content (AvgIpc) is 3.22. The molecule has 0 aliphatic heterocycles. The first-order valence-electron chi connectivity index (χ1n) is 6.34. The Hall–Kier alpha value is -2.55. The zero-order chi connectivity index (χ0) is 14.7. The van der Waals surface area contributed by atoms with Crippen LogP contribution in [0.4, 0.5) is 11.4 Å². The molecular formula is C14H15N3O3. The van der Waals surface area contributed by atoms with Gasteiger partial charge >= 0.3 is 5.97 Å². The molecule has 1 aromatic carbocycles. The summed E-state index contributed by atoms with van der Waals surface area (Å²) in [6.45, 7) is 2.03. The van der Waals surface area contributed by atoms with Crippen LogP contribution in [0.5, 0.6) is 0 Å². The van der Waals surface area contributed by atoms with Crippen molar-refractivity contribution in [2.75, 3.05) is 17.7 Å². The maximum absolute atomic E-state index is 12.0. The highest BCUT2D eigenvalue weighted by atomic mass is 16.5. The highest BCUT2D eigenvalue weighted by Gasteiger charge is 2.49. The number of nitrogens with one attached hydrogen (secondary N) is 1. The summed E-state index contributed by atoms with van der Waals surface area (Å²) < 4.78 is 4.87. The van der Waals surface area contributed by atoms with Crippen molar-refractivity contribution >= 4 is 23.3 Å². The smallest absolute Gasteiger partial charge is 0.309 e. The Bertz CT molecular complexity index is 592. The van der Waals surface area contributed by atoms with Crippen molar-refractivity contribution in [3.8, 4) is 6.07 Å². The van der Waals surface area contributed by atoms with E-state index in [4.69, 9.17) is 15.7 Å². The number of hydrogen-bond donors (Lipinski definition) is 2. The summed E-state index contributed by atoms with van der Waals surface area (Å²) in [4.78, 5) is 23.5. The molecule has 1 aliphatic rings. The molecule has 0 radical (unpaired) electrons. The molecule has 6 nitrogen and oxygen atoms in total. The maximum atomic E-state index is 12.0. The van der Waals surface area contributed by atoms with Gasteiger partial charge in [-0.15, -0.1) is 0 Å². The summed E-state index contributed by atoms with van der Waals surface area (Å²) in [5, 5.41) is 11.5. The van der Waals surface area contributed by atoms with Gasteiger partial charge in [-0.3, -0.25) is 9.59 Å². The highest BCUT2D eigenvalue weighted by Crippen LogP contribution is 2.40. The van der Waals surface area contributed by atoms with Crippen LogP contribution in [0.2, 0.25) is 0 Å². The molecular weight excluding hydrogens is 258 g/mol. The number of anilines is 2. The van der Waals surface area contributed by atoms with Crippen LogP contribution in [-0.4, -0.2) is 18.5 Å². The molecule has 1 saturated carbocycles. The fourth-order valence-corrected chi connectivity index (χ4v) is 1.95. The van der Waals surface area contributed by atoms with Crippen LogP contribution in [0.15, 0.2) is 18.2 Å². The van der Waals surface area contributed by atoms with Gasteiger partial charge in [0, 0.05) is 0 Å². The lowest BCUT2D eigenvalue weighted by Crippen LogP contribution is -2.18. The van der Waals surface area contributed by atoms with Gasteiger partial charge in [-0.1, -0.05) is 0 Å². The quantitative estimate of drug-likeness (QED) is 0.635. The van der Waals surface area contributed by atoms with Crippen LogP contribution in [0.3, 0.4) is 0 Å². The van der Waals surface area contributed by atoms with Crippen LogP contribution in [-0.2, 0) is 14.3 Å². The van der Waals surface area contributed by atoms with Gasteiger partial charge < -0.3 is 15.8 Å². The third kappa shape index (κ3) is 2.88. The molecule has 6 heteroatoms. The summed E-state index contributed by atoms with van der Waals surface area (Å²) >= 11 is 0. The van der Waals surface area contributed by atoms with Gasteiger partial charge in [-0.05, 0) is 31.5 Å². The Morgan fingerprint density at radius 3 is 2.90 bits per heavy atom. The molecule has 104 valence electrons. The van der Waals surface area contributed by atoms with Gasteiger partial charge in [0.15, 0.2) is 0 Å². The highest BCUT2D eigenvalue weighted by molar-refractivity contribution is 6.00.